The van der Waals surface area contributed by atoms with Gasteiger partial charge in [0.05, 0.1) is 0 Å². The second-order valence-electron chi connectivity index (χ2n) is 15.0. The summed E-state index contributed by atoms with van der Waals surface area (Å²) in [6.45, 7) is 21.8. The van der Waals surface area contributed by atoms with Crippen molar-refractivity contribution in [3.63, 3.8) is 0 Å². The normalized spacial score (nSPS) is 14.1. The molecule has 46 heavy (non-hydrogen) atoms. The molecule has 0 bridgehead atoms. The average Bonchev–Trinajstić information content (AvgIpc) is 2.91. The molecular formula is C37H55N3O6. The Morgan fingerprint density at radius 2 is 1.28 bits per heavy atom. The lowest BCUT2D eigenvalue weighted by atomic mass is 9.92. The van der Waals surface area contributed by atoms with Crippen molar-refractivity contribution in [3.8, 4) is 0 Å². The number of aryl methyl sites for hydroxylation is 1. The third-order valence-electron chi connectivity index (χ3n) is 7.07. The maximum atomic E-state index is 14.6. The predicted molar refractivity (Wildman–Crippen MR) is 181 cm³/mol. The Balaban J connectivity index is 2.66. The molecule has 9 heteroatoms. The Kier molecular flexibility index (Phi) is 13.0. The van der Waals surface area contributed by atoms with Gasteiger partial charge in [0.2, 0.25) is 11.8 Å². The molecule has 0 aliphatic heterocycles. The van der Waals surface area contributed by atoms with Crippen LogP contribution in [0.2, 0.25) is 0 Å². The Morgan fingerprint density at radius 1 is 0.739 bits per heavy atom. The smallest absolute Gasteiger partial charge is 0.408 e. The van der Waals surface area contributed by atoms with E-state index in [-0.39, 0.29) is 12.3 Å². The van der Waals surface area contributed by atoms with Crippen LogP contribution in [-0.2, 0) is 36.7 Å². The molecule has 3 unspecified atom stereocenters. The van der Waals surface area contributed by atoms with Crippen LogP contribution in [0.15, 0.2) is 54.6 Å². The maximum Gasteiger partial charge on any atom is 0.408 e. The summed E-state index contributed by atoms with van der Waals surface area (Å²) < 4.78 is 11.2. The molecule has 0 heterocycles. The van der Waals surface area contributed by atoms with Crippen LogP contribution >= 0.6 is 0 Å². The Bertz CT molecular complexity index is 1320. The molecule has 0 saturated carbocycles. The Labute approximate surface area is 275 Å². The zero-order valence-corrected chi connectivity index (χ0v) is 29.8. The fraction of sp³-hybridized carbons (Fsp3) is 0.568. The number of amides is 3. The zero-order chi connectivity index (χ0) is 35.0. The largest absolute Gasteiger partial charge is 0.458 e. The predicted octanol–water partition coefficient (Wildman–Crippen LogP) is 6.54. The lowest BCUT2D eigenvalue weighted by Gasteiger charge is -2.44. The number of ether oxygens (including phenoxy) is 2. The van der Waals surface area contributed by atoms with E-state index in [4.69, 9.17) is 9.47 Å². The first-order valence-electron chi connectivity index (χ1n) is 16.1. The van der Waals surface area contributed by atoms with Gasteiger partial charge in [0, 0.05) is 12.0 Å². The van der Waals surface area contributed by atoms with Gasteiger partial charge in [-0.3, -0.25) is 9.59 Å². The van der Waals surface area contributed by atoms with Crippen molar-refractivity contribution in [2.75, 3.05) is 0 Å². The molecule has 2 N–H and O–H groups in total. The van der Waals surface area contributed by atoms with Gasteiger partial charge in [0.25, 0.3) is 0 Å². The number of benzene rings is 2. The van der Waals surface area contributed by atoms with Crippen molar-refractivity contribution in [2.24, 2.45) is 5.92 Å². The molecule has 0 saturated heterocycles. The zero-order valence-electron chi connectivity index (χ0n) is 29.8. The van der Waals surface area contributed by atoms with E-state index in [0.717, 1.165) is 17.5 Å². The standard InChI is InChI=1S/C37H55N3O6/c1-13-25-19-21-27(22-20-25)30(31(41)38-28(33(43)45-36(7,8)9)23-26-17-15-14-16-18-26)40(35(4,5)6)32(42)29(24(2)3)39-34(44)46-37(10,11)12/h14-22,24,28-30H,13,23H2,1-12H3,(H,38,41)(H,39,44). The summed E-state index contributed by atoms with van der Waals surface area (Å²) in [5.74, 6) is -1.90. The number of rotatable bonds is 11. The molecule has 2 rings (SSSR count). The quantitative estimate of drug-likeness (QED) is 0.271. The highest BCUT2D eigenvalue weighted by molar-refractivity contribution is 5.94. The third kappa shape index (κ3) is 11.8. The van der Waals surface area contributed by atoms with Crippen LogP contribution in [0.5, 0.6) is 0 Å². The van der Waals surface area contributed by atoms with Gasteiger partial charge in [-0.1, -0.05) is 75.4 Å². The van der Waals surface area contributed by atoms with Gasteiger partial charge in [-0.05, 0) is 91.3 Å². The van der Waals surface area contributed by atoms with Crippen LogP contribution in [-0.4, -0.2) is 57.6 Å². The van der Waals surface area contributed by atoms with E-state index < -0.39 is 58.7 Å². The molecule has 2 aromatic carbocycles. The number of alkyl carbamates (subject to hydrolysis) is 1. The first kappa shape index (κ1) is 38.3. The number of nitrogens with zero attached hydrogens (tertiary/aromatic N) is 1. The highest BCUT2D eigenvalue weighted by Crippen LogP contribution is 2.31. The number of hydrogen-bond donors (Lipinski definition) is 2. The molecule has 3 amide bonds. The third-order valence-corrected chi connectivity index (χ3v) is 7.07. The summed E-state index contributed by atoms with van der Waals surface area (Å²) in [5, 5.41) is 5.69. The van der Waals surface area contributed by atoms with E-state index in [9.17, 15) is 19.2 Å². The lowest BCUT2D eigenvalue weighted by Crippen LogP contribution is -2.60. The maximum absolute atomic E-state index is 14.6. The van der Waals surface area contributed by atoms with Gasteiger partial charge in [-0.25, -0.2) is 9.59 Å². The molecule has 0 aliphatic rings. The minimum atomic E-state index is -1.14. The lowest BCUT2D eigenvalue weighted by molar-refractivity contribution is -0.159. The van der Waals surface area contributed by atoms with Crippen molar-refractivity contribution in [3.05, 3.63) is 71.3 Å². The number of carbonyl (C=O) groups excluding carboxylic acids is 4. The van der Waals surface area contributed by atoms with Gasteiger partial charge in [0.15, 0.2) is 0 Å². The Hall–Kier alpha value is -3.88. The fourth-order valence-corrected chi connectivity index (χ4v) is 4.96. The van der Waals surface area contributed by atoms with Crippen molar-refractivity contribution in [1.29, 1.82) is 0 Å². The van der Waals surface area contributed by atoms with Crippen molar-refractivity contribution in [1.82, 2.24) is 15.5 Å². The van der Waals surface area contributed by atoms with Crippen LogP contribution in [0.3, 0.4) is 0 Å². The van der Waals surface area contributed by atoms with Gasteiger partial charge in [0.1, 0.15) is 29.3 Å². The molecule has 2 aromatic rings. The SMILES string of the molecule is CCc1ccc(C(C(=O)NC(Cc2ccccc2)C(=O)OC(C)(C)C)N(C(=O)C(NC(=O)OC(C)(C)C)C(C)C)C(C)(C)C)cc1. The van der Waals surface area contributed by atoms with Crippen LogP contribution < -0.4 is 10.6 Å². The monoisotopic (exact) mass is 637 g/mol. The topological polar surface area (TPSA) is 114 Å². The minimum Gasteiger partial charge on any atom is -0.458 e. The second kappa shape index (κ2) is 15.6. The number of nitrogens with one attached hydrogen (secondary N) is 2. The summed E-state index contributed by atoms with van der Waals surface area (Å²) in [5.41, 5.74) is 0.0489. The number of carbonyl (C=O) groups is 4. The summed E-state index contributed by atoms with van der Waals surface area (Å²) in [4.78, 5) is 57.0. The van der Waals surface area contributed by atoms with Crippen molar-refractivity contribution >= 4 is 23.9 Å². The summed E-state index contributed by atoms with van der Waals surface area (Å²) in [6.07, 6.45) is 0.266. The van der Waals surface area contributed by atoms with Crippen LogP contribution in [0.1, 0.15) is 106 Å². The molecule has 9 nitrogen and oxygen atoms in total. The molecule has 0 spiro atoms. The summed E-state index contributed by atoms with van der Waals surface area (Å²) in [7, 11) is 0. The molecule has 254 valence electrons. The second-order valence-corrected chi connectivity index (χ2v) is 15.0. The average molecular weight is 638 g/mol. The van der Waals surface area contributed by atoms with Gasteiger partial charge in [-0.2, -0.15) is 0 Å². The fourth-order valence-electron chi connectivity index (χ4n) is 4.96. The number of esters is 1. The number of hydrogen-bond acceptors (Lipinski definition) is 6. The van der Waals surface area contributed by atoms with E-state index in [1.807, 2.05) is 96.1 Å². The minimum absolute atomic E-state index is 0.196. The highest BCUT2D eigenvalue weighted by atomic mass is 16.6. The first-order valence-corrected chi connectivity index (χ1v) is 16.1. The van der Waals surface area contributed by atoms with Crippen LogP contribution in [0.4, 0.5) is 4.79 Å². The van der Waals surface area contributed by atoms with E-state index in [1.165, 1.54) is 4.90 Å². The molecule has 0 aromatic heterocycles. The van der Waals surface area contributed by atoms with Gasteiger partial charge < -0.3 is 25.0 Å². The van der Waals surface area contributed by atoms with E-state index >= 15 is 0 Å². The molecule has 3 atom stereocenters. The highest BCUT2D eigenvalue weighted by Gasteiger charge is 2.43. The molecule has 0 radical (unpaired) electrons. The molecule has 0 aliphatic carbocycles. The molecule has 0 fully saturated rings. The van der Waals surface area contributed by atoms with E-state index in [0.29, 0.717) is 5.56 Å². The first-order chi connectivity index (χ1) is 21.1. The van der Waals surface area contributed by atoms with E-state index in [2.05, 4.69) is 10.6 Å². The van der Waals surface area contributed by atoms with E-state index in [1.54, 1.807) is 41.5 Å². The Morgan fingerprint density at radius 3 is 1.74 bits per heavy atom. The molecular weight excluding hydrogens is 582 g/mol. The van der Waals surface area contributed by atoms with Gasteiger partial charge >= 0.3 is 12.1 Å². The van der Waals surface area contributed by atoms with Crippen LogP contribution in [0.25, 0.3) is 0 Å². The summed E-state index contributed by atoms with van der Waals surface area (Å²) in [6, 6.07) is 13.7. The van der Waals surface area contributed by atoms with Crippen molar-refractivity contribution < 1.29 is 28.7 Å². The van der Waals surface area contributed by atoms with Crippen molar-refractivity contribution in [2.45, 2.75) is 131 Å². The summed E-state index contributed by atoms with van der Waals surface area (Å²) >= 11 is 0. The van der Waals surface area contributed by atoms with Gasteiger partial charge in [-0.15, -0.1) is 0 Å². The van der Waals surface area contributed by atoms with Crippen LogP contribution in [0, 0.1) is 5.92 Å².